The number of nitrogens with zero attached hydrogens (tertiary/aromatic N) is 1. The Kier molecular flexibility index (Phi) is 4.25. The minimum atomic E-state index is 0.336. The van der Waals surface area contributed by atoms with Crippen molar-refractivity contribution in [3.8, 4) is 0 Å². The van der Waals surface area contributed by atoms with Crippen LogP contribution in [0.3, 0.4) is 0 Å². The molecule has 1 aliphatic heterocycles. The first-order valence-corrected chi connectivity index (χ1v) is 6.80. The third-order valence-corrected chi connectivity index (χ3v) is 3.77. The van der Waals surface area contributed by atoms with Crippen molar-refractivity contribution in [1.29, 1.82) is 0 Å². The van der Waals surface area contributed by atoms with Crippen LogP contribution in [-0.2, 0) is 11.3 Å². The average molecular weight is 248 g/mol. The van der Waals surface area contributed by atoms with E-state index in [9.17, 15) is 0 Å². The standard InChI is InChI=1S/C15H24N2O/c1-4-14-10-18-12(3)8-17(14)9-13-5-6-15(16)11(2)7-13/h5-7,12,14H,4,8-10,16H2,1-3H3. The van der Waals surface area contributed by atoms with Gasteiger partial charge in [0.1, 0.15) is 0 Å². The highest BCUT2D eigenvalue weighted by Gasteiger charge is 2.25. The van der Waals surface area contributed by atoms with Gasteiger partial charge in [0.2, 0.25) is 0 Å². The molecule has 1 aromatic rings. The Morgan fingerprint density at radius 3 is 2.89 bits per heavy atom. The highest BCUT2D eigenvalue weighted by atomic mass is 16.5. The second-order valence-corrected chi connectivity index (χ2v) is 5.33. The minimum absolute atomic E-state index is 0.336. The van der Waals surface area contributed by atoms with Crippen LogP contribution in [0, 0.1) is 6.92 Å². The van der Waals surface area contributed by atoms with E-state index in [1.54, 1.807) is 0 Å². The van der Waals surface area contributed by atoms with Gasteiger partial charge in [-0.1, -0.05) is 19.1 Å². The molecule has 0 aliphatic carbocycles. The van der Waals surface area contributed by atoms with Gasteiger partial charge in [0.05, 0.1) is 12.7 Å². The molecule has 3 heteroatoms. The maximum Gasteiger partial charge on any atom is 0.0674 e. The predicted molar refractivity (Wildman–Crippen MR) is 75.5 cm³/mol. The molecule has 0 amide bonds. The maximum absolute atomic E-state index is 5.86. The summed E-state index contributed by atoms with van der Waals surface area (Å²) in [6.07, 6.45) is 1.48. The predicted octanol–water partition coefficient (Wildman–Crippen LogP) is 2.58. The van der Waals surface area contributed by atoms with Gasteiger partial charge in [-0.05, 0) is 37.5 Å². The molecule has 1 saturated heterocycles. The van der Waals surface area contributed by atoms with Crippen molar-refractivity contribution < 1.29 is 4.74 Å². The lowest BCUT2D eigenvalue weighted by Crippen LogP contribution is -2.47. The summed E-state index contributed by atoms with van der Waals surface area (Å²) in [6.45, 7) is 9.30. The van der Waals surface area contributed by atoms with Gasteiger partial charge in [-0.3, -0.25) is 4.90 Å². The van der Waals surface area contributed by atoms with Crippen LogP contribution in [0.4, 0.5) is 5.69 Å². The zero-order valence-corrected chi connectivity index (χ0v) is 11.6. The molecule has 0 saturated carbocycles. The third-order valence-electron chi connectivity index (χ3n) is 3.77. The number of hydrogen-bond acceptors (Lipinski definition) is 3. The molecule has 2 atom stereocenters. The van der Waals surface area contributed by atoms with E-state index in [0.29, 0.717) is 12.1 Å². The van der Waals surface area contributed by atoms with E-state index in [2.05, 4.69) is 37.8 Å². The van der Waals surface area contributed by atoms with E-state index in [1.807, 2.05) is 6.07 Å². The molecule has 1 fully saturated rings. The molecule has 1 aromatic carbocycles. The van der Waals surface area contributed by atoms with Crippen molar-refractivity contribution in [2.24, 2.45) is 0 Å². The van der Waals surface area contributed by atoms with Crippen LogP contribution < -0.4 is 5.73 Å². The van der Waals surface area contributed by atoms with Crippen LogP contribution >= 0.6 is 0 Å². The third kappa shape index (κ3) is 3.03. The second kappa shape index (κ2) is 5.72. The first-order chi connectivity index (χ1) is 8.60. The molecule has 2 unspecified atom stereocenters. The number of morpholine rings is 1. The fourth-order valence-corrected chi connectivity index (χ4v) is 2.55. The van der Waals surface area contributed by atoms with Gasteiger partial charge in [-0.25, -0.2) is 0 Å². The van der Waals surface area contributed by atoms with Crippen molar-refractivity contribution in [3.63, 3.8) is 0 Å². The fraction of sp³-hybridized carbons (Fsp3) is 0.600. The summed E-state index contributed by atoms with van der Waals surface area (Å²) >= 11 is 0. The molecule has 3 nitrogen and oxygen atoms in total. The number of rotatable bonds is 3. The maximum atomic E-state index is 5.86. The van der Waals surface area contributed by atoms with Gasteiger partial charge in [0, 0.05) is 24.8 Å². The van der Waals surface area contributed by atoms with Crippen molar-refractivity contribution in [2.45, 2.75) is 45.9 Å². The number of aryl methyl sites for hydroxylation is 1. The zero-order valence-electron chi connectivity index (χ0n) is 11.6. The van der Waals surface area contributed by atoms with Crippen molar-refractivity contribution in [3.05, 3.63) is 29.3 Å². The average Bonchev–Trinajstić information content (AvgIpc) is 2.34. The molecule has 18 heavy (non-hydrogen) atoms. The van der Waals surface area contributed by atoms with Gasteiger partial charge >= 0.3 is 0 Å². The number of benzene rings is 1. The summed E-state index contributed by atoms with van der Waals surface area (Å²) in [5.41, 5.74) is 9.25. The van der Waals surface area contributed by atoms with Gasteiger partial charge in [-0.15, -0.1) is 0 Å². The molecule has 0 aromatic heterocycles. The van der Waals surface area contributed by atoms with E-state index in [1.165, 1.54) is 11.1 Å². The first kappa shape index (κ1) is 13.4. The van der Waals surface area contributed by atoms with Crippen molar-refractivity contribution >= 4 is 5.69 Å². The summed E-state index contributed by atoms with van der Waals surface area (Å²) in [7, 11) is 0. The molecular weight excluding hydrogens is 224 g/mol. The second-order valence-electron chi connectivity index (χ2n) is 5.33. The zero-order chi connectivity index (χ0) is 13.1. The summed E-state index contributed by atoms with van der Waals surface area (Å²) < 4.78 is 5.73. The number of hydrogen-bond donors (Lipinski definition) is 1. The molecule has 100 valence electrons. The van der Waals surface area contributed by atoms with Crippen molar-refractivity contribution in [2.75, 3.05) is 18.9 Å². The smallest absolute Gasteiger partial charge is 0.0674 e. The monoisotopic (exact) mass is 248 g/mol. The number of nitrogen functional groups attached to an aromatic ring is 1. The molecule has 1 heterocycles. The number of nitrogens with two attached hydrogens (primary N) is 1. The largest absolute Gasteiger partial charge is 0.399 e. The molecule has 0 bridgehead atoms. The van der Waals surface area contributed by atoms with E-state index in [4.69, 9.17) is 10.5 Å². The van der Waals surface area contributed by atoms with E-state index < -0.39 is 0 Å². The van der Waals surface area contributed by atoms with Gasteiger partial charge < -0.3 is 10.5 Å². The molecule has 1 aliphatic rings. The van der Waals surface area contributed by atoms with E-state index in [0.717, 1.165) is 31.8 Å². The van der Waals surface area contributed by atoms with Crippen LogP contribution in [0.2, 0.25) is 0 Å². The Balaban J connectivity index is 2.08. The Bertz CT molecular complexity index is 405. The quantitative estimate of drug-likeness (QED) is 0.836. The van der Waals surface area contributed by atoms with E-state index >= 15 is 0 Å². The Morgan fingerprint density at radius 2 is 2.22 bits per heavy atom. The number of anilines is 1. The topological polar surface area (TPSA) is 38.5 Å². The Hall–Kier alpha value is -1.06. The lowest BCUT2D eigenvalue weighted by atomic mass is 10.1. The van der Waals surface area contributed by atoms with Crippen LogP contribution in [-0.4, -0.2) is 30.2 Å². The SMILES string of the molecule is CCC1COC(C)CN1Cc1ccc(N)c(C)c1. The van der Waals surface area contributed by atoms with Crippen LogP contribution in [0.1, 0.15) is 31.4 Å². The summed E-state index contributed by atoms with van der Waals surface area (Å²) in [5, 5.41) is 0. The fourth-order valence-electron chi connectivity index (χ4n) is 2.55. The van der Waals surface area contributed by atoms with E-state index in [-0.39, 0.29) is 0 Å². The lowest BCUT2D eigenvalue weighted by Gasteiger charge is -2.38. The van der Waals surface area contributed by atoms with Gasteiger partial charge in [0.15, 0.2) is 0 Å². The molecule has 0 radical (unpaired) electrons. The van der Waals surface area contributed by atoms with Gasteiger partial charge in [-0.2, -0.15) is 0 Å². The number of ether oxygens (including phenoxy) is 1. The highest BCUT2D eigenvalue weighted by Crippen LogP contribution is 2.20. The summed E-state index contributed by atoms with van der Waals surface area (Å²) in [5.74, 6) is 0. The molecule has 2 rings (SSSR count). The Labute approximate surface area is 110 Å². The normalized spacial score (nSPS) is 25.3. The molecular formula is C15H24N2O. The van der Waals surface area contributed by atoms with Crippen LogP contribution in [0.5, 0.6) is 0 Å². The molecule has 2 N–H and O–H groups in total. The van der Waals surface area contributed by atoms with Crippen LogP contribution in [0.15, 0.2) is 18.2 Å². The first-order valence-electron chi connectivity index (χ1n) is 6.80. The lowest BCUT2D eigenvalue weighted by molar-refractivity contribution is -0.0592. The summed E-state index contributed by atoms with van der Waals surface area (Å²) in [4.78, 5) is 2.53. The highest BCUT2D eigenvalue weighted by molar-refractivity contribution is 5.47. The van der Waals surface area contributed by atoms with Gasteiger partial charge in [0.25, 0.3) is 0 Å². The van der Waals surface area contributed by atoms with Crippen LogP contribution in [0.25, 0.3) is 0 Å². The minimum Gasteiger partial charge on any atom is -0.399 e. The summed E-state index contributed by atoms with van der Waals surface area (Å²) in [6, 6.07) is 6.88. The Morgan fingerprint density at radius 1 is 1.44 bits per heavy atom. The molecule has 0 spiro atoms. The van der Waals surface area contributed by atoms with Crippen molar-refractivity contribution in [1.82, 2.24) is 4.90 Å².